The summed E-state index contributed by atoms with van der Waals surface area (Å²) in [5.41, 5.74) is 15.0. The van der Waals surface area contributed by atoms with Gasteiger partial charge in [0.2, 0.25) is 0 Å². The van der Waals surface area contributed by atoms with Crippen LogP contribution in [-0.4, -0.2) is 5.43 Å². The summed E-state index contributed by atoms with van der Waals surface area (Å²) >= 11 is 1.74. The Morgan fingerprint density at radius 3 is 1.70 bits per heavy atom. The maximum atomic E-state index is 5.83. The van der Waals surface area contributed by atoms with Gasteiger partial charge in [-0.1, -0.05) is 110 Å². The van der Waals surface area contributed by atoms with E-state index in [1.54, 1.807) is 23.3 Å². The molecule has 0 unspecified atom stereocenters. The average Bonchev–Trinajstić information content (AvgIpc) is 3.78. The van der Waals surface area contributed by atoms with Gasteiger partial charge >= 0.3 is 41.9 Å². The first-order valence-electron chi connectivity index (χ1n) is 17.8. The minimum atomic E-state index is 0.171. The van der Waals surface area contributed by atoms with Crippen molar-refractivity contribution in [1.29, 1.82) is 0 Å². The van der Waals surface area contributed by atoms with Crippen LogP contribution in [0, 0.1) is 34.6 Å². The normalized spacial score (nSPS) is 11.3. The first kappa shape index (κ1) is 37.7. The third kappa shape index (κ3) is 8.85. The molecule has 0 saturated carbocycles. The third-order valence-corrected chi connectivity index (χ3v) is 9.24. The molecule has 3 heteroatoms. The fraction of sp³-hybridized carbons (Fsp3) is 0.277. The summed E-state index contributed by atoms with van der Waals surface area (Å²) < 4.78 is 5.83. The van der Waals surface area contributed by atoms with Gasteiger partial charge in [-0.2, -0.15) is 6.07 Å². The van der Waals surface area contributed by atoms with E-state index < -0.39 is 0 Å². The van der Waals surface area contributed by atoms with Crippen LogP contribution in [-0.2, 0) is 35.2 Å². The molecular weight excluding hydrogens is 700 g/mol. The largest absolute Gasteiger partial charge is 0.496 e. The Morgan fingerprint density at radius 2 is 1.18 bits per heavy atom. The van der Waals surface area contributed by atoms with Gasteiger partial charge in [-0.15, -0.1) is 63.5 Å². The molecule has 1 heterocycles. The van der Waals surface area contributed by atoms with Gasteiger partial charge < -0.3 is 4.42 Å². The van der Waals surface area contributed by atoms with Crippen LogP contribution in [0.5, 0.6) is 0 Å². The third-order valence-electron chi connectivity index (χ3n) is 9.24. The number of rotatable bonds is 4. The molecule has 7 aromatic rings. The van der Waals surface area contributed by atoms with E-state index in [1.165, 1.54) is 77.2 Å². The Balaban J connectivity index is 0.000000181. The van der Waals surface area contributed by atoms with Crippen molar-refractivity contribution in [3.8, 4) is 33.6 Å². The number of hydrogen-bond acceptors (Lipinski definition) is 1. The van der Waals surface area contributed by atoms with Crippen LogP contribution in [0.3, 0.4) is 0 Å². The number of benzene rings is 4. The monoisotopic (exact) mass is 750 g/mol. The van der Waals surface area contributed by atoms with Crippen molar-refractivity contribution in [2.75, 3.05) is 0 Å². The molecule has 1 aromatic heterocycles. The van der Waals surface area contributed by atoms with Gasteiger partial charge in [0.1, 0.15) is 0 Å². The summed E-state index contributed by atoms with van der Waals surface area (Å²) in [5.74, 6) is 1.88. The van der Waals surface area contributed by atoms with Gasteiger partial charge in [0.15, 0.2) is 0 Å². The van der Waals surface area contributed by atoms with Gasteiger partial charge in [0.05, 0.1) is 11.5 Å². The average molecular weight is 752 g/mol. The van der Waals surface area contributed by atoms with Gasteiger partial charge in [0.25, 0.3) is 0 Å². The SMILES string of the molecule is CCc1cc2c(-c3cc(C)cc(C)c3)c(C)ccc2[cH-]1.C[Si](C)=[Zr+2].Cc1ccc(-c2cc3c(-c4ccc(C(C)(C)C)cc4)c(C)ccc3[cH-]2)o1. The van der Waals surface area contributed by atoms with Crippen molar-refractivity contribution in [2.45, 2.75) is 87.2 Å². The van der Waals surface area contributed by atoms with Gasteiger partial charge in [-0.05, 0) is 80.8 Å². The van der Waals surface area contributed by atoms with Crippen LogP contribution in [0.15, 0.2) is 108 Å². The number of aryl methyl sites for hydroxylation is 6. The van der Waals surface area contributed by atoms with Crippen LogP contribution in [0.2, 0.25) is 13.1 Å². The van der Waals surface area contributed by atoms with E-state index in [0.717, 1.165) is 23.5 Å². The molecule has 254 valence electrons. The summed E-state index contributed by atoms with van der Waals surface area (Å²) in [6, 6.07) is 38.0. The first-order chi connectivity index (χ1) is 23.6. The molecule has 0 aliphatic carbocycles. The Labute approximate surface area is 315 Å². The summed E-state index contributed by atoms with van der Waals surface area (Å²) in [5, 5.41) is 5.31. The molecule has 0 fully saturated rings. The Morgan fingerprint density at radius 1 is 0.640 bits per heavy atom. The molecule has 50 heavy (non-hydrogen) atoms. The number of furan rings is 1. The van der Waals surface area contributed by atoms with E-state index in [2.05, 4.69) is 159 Å². The topological polar surface area (TPSA) is 13.1 Å². The molecule has 0 amide bonds. The van der Waals surface area contributed by atoms with Crippen molar-refractivity contribution in [2.24, 2.45) is 0 Å². The second-order valence-corrected chi connectivity index (χ2v) is 24.5. The Kier molecular flexibility index (Phi) is 11.9. The molecule has 7 rings (SSSR count). The summed E-state index contributed by atoms with van der Waals surface area (Å²) in [4.78, 5) is 0. The minimum absolute atomic E-state index is 0.171. The quantitative estimate of drug-likeness (QED) is 0.129. The molecule has 0 bridgehead atoms. The molecule has 0 saturated heterocycles. The van der Waals surface area contributed by atoms with Crippen molar-refractivity contribution in [3.63, 3.8) is 0 Å². The van der Waals surface area contributed by atoms with Crippen LogP contribution in [0.4, 0.5) is 0 Å². The smallest absolute Gasteiger partial charge is 0.0896 e. The molecule has 0 aliphatic heterocycles. The molecule has 0 aliphatic rings. The molecule has 1 nitrogen and oxygen atoms in total. The zero-order chi connectivity index (χ0) is 36.3. The predicted octanol–water partition coefficient (Wildman–Crippen LogP) is 13.9. The number of hydrogen-bond donors (Lipinski definition) is 0. The predicted molar refractivity (Wildman–Crippen MR) is 217 cm³/mol. The van der Waals surface area contributed by atoms with E-state index in [4.69, 9.17) is 4.42 Å². The summed E-state index contributed by atoms with van der Waals surface area (Å²) in [6.07, 6.45) is 1.10. The van der Waals surface area contributed by atoms with E-state index in [0.29, 0.717) is 0 Å². The first-order valence-corrected chi connectivity index (χ1v) is 24.0. The maximum Gasteiger partial charge on any atom is 0.0896 e. The zero-order valence-electron chi connectivity index (χ0n) is 31.9. The van der Waals surface area contributed by atoms with E-state index in [1.807, 2.05) is 19.1 Å². The van der Waals surface area contributed by atoms with Crippen molar-refractivity contribution >= 4 is 27.0 Å². The second kappa shape index (κ2) is 15.8. The summed E-state index contributed by atoms with van der Waals surface area (Å²) in [7, 11) is 0. The van der Waals surface area contributed by atoms with E-state index in [9.17, 15) is 0 Å². The van der Waals surface area contributed by atoms with Crippen LogP contribution in [0.1, 0.15) is 66.8 Å². The van der Waals surface area contributed by atoms with Crippen LogP contribution < -0.4 is 0 Å². The zero-order valence-corrected chi connectivity index (χ0v) is 35.4. The van der Waals surface area contributed by atoms with Crippen LogP contribution >= 0.6 is 0 Å². The van der Waals surface area contributed by atoms with E-state index >= 15 is 0 Å². The maximum absolute atomic E-state index is 5.83. The molecule has 0 N–H and O–H groups in total. The fourth-order valence-corrected chi connectivity index (χ4v) is 6.80. The molecule has 0 radical (unpaired) electrons. The second-order valence-electron chi connectivity index (χ2n) is 15.1. The number of fused-ring (bicyclic) bond motifs is 2. The molecule has 0 atom stereocenters. The minimum Gasteiger partial charge on any atom is -0.496 e. The van der Waals surface area contributed by atoms with Gasteiger partial charge in [-0.25, -0.2) is 0 Å². The molecule has 6 aromatic carbocycles. The van der Waals surface area contributed by atoms with Crippen LogP contribution in [0.25, 0.3) is 55.1 Å². The molecular formula is C47H52OSiZr. The van der Waals surface area contributed by atoms with Gasteiger partial charge in [0, 0.05) is 0 Å². The molecule has 0 spiro atoms. The van der Waals surface area contributed by atoms with Crippen molar-refractivity contribution in [1.82, 2.24) is 0 Å². The fourth-order valence-electron chi connectivity index (χ4n) is 6.80. The Bertz CT molecular complexity index is 2240. The Hall–Kier alpha value is -3.52. The van der Waals surface area contributed by atoms with Gasteiger partial charge in [-0.3, -0.25) is 0 Å². The summed E-state index contributed by atoms with van der Waals surface area (Å²) in [6.45, 7) is 24.3. The van der Waals surface area contributed by atoms with E-state index in [-0.39, 0.29) is 10.8 Å². The standard InChI is InChI=1S/C25H25O.C20H21.C2H6Si.Zr/c1-16-6-8-19-14-20(23-13-7-17(2)26-23)15-22(19)24(16)18-9-11-21(12-10-18)25(3,4)5;1-5-16-11-17-7-6-15(4)20(19(17)12-16)18-9-13(2)8-14(3)10-18;1-3-2;/h6-15H,1-5H3;6-12H,5H2,1-4H3;1-2H3;/q2*-1;;+2. The van der Waals surface area contributed by atoms with Crippen molar-refractivity contribution < 1.29 is 27.8 Å². The van der Waals surface area contributed by atoms with Crippen molar-refractivity contribution in [3.05, 3.63) is 142 Å².